The molecule has 1 aromatic heterocycles. The quantitative estimate of drug-likeness (QED) is 0.670. The summed E-state index contributed by atoms with van der Waals surface area (Å²) >= 11 is 0. The van der Waals surface area contributed by atoms with E-state index in [0.717, 1.165) is 18.4 Å². The van der Waals surface area contributed by atoms with E-state index in [1.54, 1.807) is 6.20 Å². The number of nitrogens with zero attached hydrogens (tertiary/aromatic N) is 1. The summed E-state index contributed by atoms with van der Waals surface area (Å²) in [5.74, 6) is 0.885. The minimum atomic E-state index is 0.286. The van der Waals surface area contributed by atoms with Crippen LogP contribution in [0.25, 0.3) is 0 Å². The number of rotatable bonds is 5. The van der Waals surface area contributed by atoms with Crippen molar-refractivity contribution in [2.24, 2.45) is 5.92 Å². The van der Waals surface area contributed by atoms with Gasteiger partial charge in [0.1, 0.15) is 6.29 Å². The fourth-order valence-corrected chi connectivity index (χ4v) is 1.64. The molecule has 1 unspecified atom stereocenters. The molecule has 76 valence electrons. The molecule has 0 bridgehead atoms. The molecule has 0 aliphatic carbocycles. The van der Waals surface area contributed by atoms with Crippen molar-refractivity contribution in [1.82, 2.24) is 4.98 Å². The predicted octanol–water partition coefficient (Wildman–Crippen LogP) is 2.80. The lowest BCUT2D eigenvalue weighted by Crippen LogP contribution is -2.05. The van der Waals surface area contributed by atoms with Crippen molar-refractivity contribution in [3.05, 3.63) is 30.1 Å². The van der Waals surface area contributed by atoms with Gasteiger partial charge < -0.3 is 4.79 Å². The van der Waals surface area contributed by atoms with E-state index < -0.39 is 0 Å². The van der Waals surface area contributed by atoms with E-state index in [4.69, 9.17) is 0 Å². The van der Waals surface area contributed by atoms with Crippen molar-refractivity contribution >= 4 is 6.29 Å². The van der Waals surface area contributed by atoms with Crippen LogP contribution in [0.15, 0.2) is 24.4 Å². The van der Waals surface area contributed by atoms with Gasteiger partial charge in [-0.3, -0.25) is 4.98 Å². The van der Waals surface area contributed by atoms with Gasteiger partial charge in [0.25, 0.3) is 0 Å². The third kappa shape index (κ3) is 3.29. The summed E-state index contributed by atoms with van der Waals surface area (Å²) in [5, 5.41) is 0. The highest BCUT2D eigenvalue weighted by atomic mass is 16.1. The molecule has 1 atom stereocenters. The summed E-state index contributed by atoms with van der Waals surface area (Å²) in [6, 6.07) is 5.87. The van der Waals surface area contributed by atoms with Gasteiger partial charge in [-0.25, -0.2) is 0 Å². The number of aromatic nitrogens is 1. The van der Waals surface area contributed by atoms with Gasteiger partial charge in [0, 0.05) is 24.2 Å². The first-order valence-electron chi connectivity index (χ1n) is 5.08. The highest BCUT2D eigenvalue weighted by Gasteiger charge is 2.13. The smallest absolute Gasteiger partial charge is 0.120 e. The molecule has 0 aliphatic rings. The Kier molecular flexibility index (Phi) is 4.30. The van der Waals surface area contributed by atoms with Gasteiger partial charge in [0.15, 0.2) is 0 Å². The number of carbonyl (C=O) groups is 1. The number of hydrogen-bond acceptors (Lipinski definition) is 2. The normalized spacial score (nSPS) is 12.8. The average molecular weight is 191 g/mol. The van der Waals surface area contributed by atoms with Crippen molar-refractivity contribution in [2.45, 2.75) is 32.6 Å². The second kappa shape index (κ2) is 5.53. The van der Waals surface area contributed by atoms with Crippen LogP contribution in [-0.4, -0.2) is 11.3 Å². The maximum atomic E-state index is 10.5. The number of carbonyl (C=O) groups excluding carboxylic acids is 1. The zero-order valence-electron chi connectivity index (χ0n) is 8.81. The summed E-state index contributed by atoms with van der Waals surface area (Å²) in [4.78, 5) is 14.8. The molecular formula is C12H17NO. The summed E-state index contributed by atoms with van der Waals surface area (Å²) in [5.41, 5.74) is 1.04. The third-order valence-electron chi connectivity index (χ3n) is 2.24. The standard InChI is InChI=1S/C12H17NO/c1-10(2)9-11(6-8-14)12-5-3-4-7-13-12/h3-5,7-8,10-11H,6,9H2,1-2H3. The van der Waals surface area contributed by atoms with Crippen molar-refractivity contribution in [3.8, 4) is 0 Å². The first-order valence-corrected chi connectivity index (χ1v) is 5.08. The Morgan fingerprint density at radius 3 is 2.71 bits per heavy atom. The molecule has 14 heavy (non-hydrogen) atoms. The third-order valence-corrected chi connectivity index (χ3v) is 2.24. The molecule has 2 heteroatoms. The molecular weight excluding hydrogens is 174 g/mol. The van der Waals surface area contributed by atoms with Gasteiger partial charge >= 0.3 is 0 Å². The van der Waals surface area contributed by atoms with Crippen LogP contribution in [0.3, 0.4) is 0 Å². The van der Waals surface area contributed by atoms with Crippen molar-refractivity contribution in [2.75, 3.05) is 0 Å². The Labute approximate surface area is 85.4 Å². The SMILES string of the molecule is CC(C)CC(CC=O)c1ccccn1. The second-order valence-electron chi connectivity index (χ2n) is 3.98. The van der Waals surface area contributed by atoms with Gasteiger partial charge in [-0.1, -0.05) is 19.9 Å². The van der Waals surface area contributed by atoms with Crippen molar-refractivity contribution in [3.63, 3.8) is 0 Å². The summed E-state index contributed by atoms with van der Waals surface area (Å²) in [6.07, 6.45) is 4.38. The topological polar surface area (TPSA) is 30.0 Å². The molecule has 0 N–H and O–H groups in total. The molecule has 0 saturated heterocycles. The molecule has 0 aromatic carbocycles. The van der Waals surface area contributed by atoms with Crippen LogP contribution in [0, 0.1) is 5.92 Å². The molecule has 0 saturated carbocycles. The molecule has 0 fully saturated rings. The van der Waals surface area contributed by atoms with Crippen LogP contribution in [0.1, 0.15) is 38.3 Å². The summed E-state index contributed by atoms with van der Waals surface area (Å²) in [6.45, 7) is 4.33. The Morgan fingerprint density at radius 2 is 2.21 bits per heavy atom. The largest absolute Gasteiger partial charge is 0.303 e. The van der Waals surface area contributed by atoms with Gasteiger partial charge in [0.2, 0.25) is 0 Å². The van der Waals surface area contributed by atoms with Crippen LogP contribution >= 0.6 is 0 Å². The fraction of sp³-hybridized carbons (Fsp3) is 0.500. The first-order chi connectivity index (χ1) is 6.74. The van der Waals surface area contributed by atoms with Crippen LogP contribution < -0.4 is 0 Å². The van der Waals surface area contributed by atoms with Crippen LogP contribution in [-0.2, 0) is 4.79 Å². The molecule has 1 aromatic rings. The van der Waals surface area contributed by atoms with Crippen LogP contribution in [0.2, 0.25) is 0 Å². The minimum absolute atomic E-state index is 0.286. The molecule has 2 nitrogen and oxygen atoms in total. The van der Waals surface area contributed by atoms with E-state index >= 15 is 0 Å². The van der Waals surface area contributed by atoms with Crippen molar-refractivity contribution < 1.29 is 4.79 Å². The molecule has 0 amide bonds. The number of aldehydes is 1. The number of pyridine rings is 1. The average Bonchev–Trinajstić information content (AvgIpc) is 2.18. The van der Waals surface area contributed by atoms with Gasteiger partial charge in [-0.05, 0) is 24.5 Å². The van der Waals surface area contributed by atoms with Crippen LogP contribution in [0.4, 0.5) is 0 Å². The van der Waals surface area contributed by atoms with E-state index in [1.165, 1.54) is 0 Å². The van der Waals surface area contributed by atoms with Gasteiger partial charge in [-0.2, -0.15) is 0 Å². The minimum Gasteiger partial charge on any atom is -0.303 e. The second-order valence-corrected chi connectivity index (χ2v) is 3.98. The van der Waals surface area contributed by atoms with E-state index in [9.17, 15) is 4.79 Å². The van der Waals surface area contributed by atoms with Crippen molar-refractivity contribution in [1.29, 1.82) is 0 Å². The van der Waals surface area contributed by atoms with E-state index in [-0.39, 0.29) is 5.92 Å². The zero-order valence-corrected chi connectivity index (χ0v) is 8.81. The number of hydrogen-bond donors (Lipinski definition) is 0. The first kappa shape index (κ1) is 10.9. The monoisotopic (exact) mass is 191 g/mol. The highest BCUT2D eigenvalue weighted by molar-refractivity contribution is 5.51. The molecule has 1 heterocycles. The lowest BCUT2D eigenvalue weighted by molar-refractivity contribution is -0.108. The van der Waals surface area contributed by atoms with Gasteiger partial charge in [-0.15, -0.1) is 0 Å². The highest BCUT2D eigenvalue weighted by Crippen LogP contribution is 2.24. The predicted molar refractivity (Wildman–Crippen MR) is 57.1 cm³/mol. The van der Waals surface area contributed by atoms with E-state index in [1.807, 2.05) is 18.2 Å². The fourth-order valence-electron chi connectivity index (χ4n) is 1.64. The molecule has 1 rings (SSSR count). The van der Waals surface area contributed by atoms with Gasteiger partial charge in [0.05, 0.1) is 0 Å². The lowest BCUT2D eigenvalue weighted by Gasteiger charge is -2.15. The van der Waals surface area contributed by atoms with E-state index in [2.05, 4.69) is 18.8 Å². The Bertz CT molecular complexity index is 269. The maximum Gasteiger partial charge on any atom is 0.120 e. The lowest BCUT2D eigenvalue weighted by atomic mass is 9.91. The van der Waals surface area contributed by atoms with E-state index in [0.29, 0.717) is 12.3 Å². The summed E-state index contributed by atoms with van der Waals surface area (Å²) < 4.78 is 0. The summed E-state index contributed by atoms with van der Waals surface area (Å²) in [7, 11) is 0. The van der Waals surface area contributed by atoms with Crippen LogP contribution in [0.5, 0.6) is 0 Å². The molecule has 0 radical (unpaired) electrons. The zero-order chi connectivity index (χ0) is 10.4. The Hall–Kier alpha value is -1.18. The molecule has 0 spiro atoms. The maximum absolute atomic E-state index is 10.5. The Balaban J connectivity index is 2.72. The Morgan fingerprint density at radius 1 is 1.43 bits per heavy atom. The molecule has 0 aliphatic heterocycles.